The SMILES string of the molecule is Cc1cccc(C)c1OCC(=O)NCc1cccc(S(=O)(=O)NCc2cccc(F)c2)c1. The monoisotopic (exact) mass is 456 g/mol. The van der Waals surface area contributed by atoms with Crippen LogP contribution in [0.1, 0.15) is 22.3 Å². The Labute approximate surface area is 187 Å². The first-order valence-electron chi connectivity index (χ1n) is 10.0. The lowest BCUT2D eigenvalue weighted by Gasteiger charge is -2.12. The average molecular weight is 457 g/mol. The first-order valence-corrected chi connectivity index (χ1v) is 11.5. The van der Waals surface area contributed by atoms with Crippen molar-refractivity contribution in [1.82, 2.24) is 10.0 Å². The Balaban J connectivity index is 1.56. The predicted octanol–water partition coefficient (Wildman–Crippen LogP) is 3.62. The fourth-order valence-electron chi connectivity index (χ4n) is 3.15. The van der Waals surface area contributed by atoms with E-state index in [0.29, 0.717) is 16.9 Å². The van der Waals surface area contributed by atoms with Gasteiger partial charge in [-0.1, -0.05) is 42.5 Å². The second kappa shape index (κ2) is 10.4. The molecule has 6 nitrogen and oxygen atoms in total. The number of carbonyl (C=O) groups excluding carboxylic acids is 1. The van der Waals surface area contributed by atoms with Crippen LogP contribution in [-0.2, 0) is 27.9 Å². The molecule has 0 unspecified atom stereocenters. The van der Waals surface area contributed by atoms with Gasteiger partial charge in [0.05, 0.1) is 4.90 Å². The van der Waals surface area contributed by atoms with Gasteiger partial charge >= 0.3 is 0 Å². The molecule has 0 radical (unpaired) electrons. The molecule has 0 aliphatic carbocycles. The molecule has 2 N–H and O–H groups in total. The summed E-state index contributed by atoms with van der Waals surface area (Å²) in [5, 5.41) is 2.73. The lowest BCUT2D eigenvalue weighted by molar-refractivity contribution is -0.123. The van der Waals surface area contributed by atoms with E-state index in [9.17, 15) is 17.6 Å². The van der Waals surface area contributed by atoms with Gasteiger partial charge in [0, 0.05) is 13.1 Å². The summed E-state index contributed by atoms with van der Waals surface area (Å²) >= 11 is 0. The molecular weight excluding hydrogens is 431 g/mol. The van der Waals surface area contributed by atoms with Crippen molar-refractivity contribution in [3.05, 3.63) is 94.8 Å². The number of hydrogen-bond donors (Lipinski definition) is 2. The van der Waals surface area contributed by atoms with Gasteiger partial charge in [-0.15, -0.1) is 0 Å². The van der Waals surface area contributed by atoms with Gasteiger partial charge in [-0.05, 0) is 60.4 Å². The Bertz CT molecular complexity index is 1190. The van der Waals surface area contributed by atoms with Crippen molar-refractivity contribution in [3.63, 3.8) is 0 Å². The van der Waals surface area contributed by atoms with Crippen molar-refractivity contribution in [2.45, 2.75) is 31.8 Å². The maximum absolute atomic E-state index is 13.3. The normalized spacial score (nSPS) is 11.2. The molecule has 0 aliphatic rings. The minimum Gasteiger partial charge on any atom is -0.483 e. The van der Waals surface area contributed by atoms with Crippen LogP contribution in [0.25, 0.3) is 0 Å². The molecule has 0 aromatic heterocycles. The molecule has 1 amide bonds. The Morgan fingerprint density at radius 2 is 1.53 bits per heavy atom. The van der Waals surface area contributed by atoms with Gasteiger partial charge in [0.1, 0.15) is 11.6 Å². The number of aryl methyl sites for hydroxylation is 2. The van der Waals surface area contributed by atoms with Crippen LogP contribution in [-0.4, -0.2) is 20.9 Å². The van der Waals surface area contributed by atoms with E-state index in [-0.39, 0.29) is 30.5 Å². The lowest BCUT2D eigenvalue weighted by Crippen LogP contribution is -2.29. The van der Waals surface area contributed by atoms with Crippen LogP contribution in [0.3, 0.4) is 0 Å². The Morgan fingerprint density at radius 3 is 2.22 bits per heavy atom. The summed E-state index contributed by atoms with van der Waals surface area (Å²) in [6, 6.07) is 17.7. The summed E-state index contributed by atoms with van der Waals surface area (Å²) in [6.45, 7) is 3.81. The van der Waals surface area contributed by atoms with Crippen LogP contribution in [0.5, 0.6) is 5.75 Å². The van der Waals surface area contributed by atoms with E-state index in [2.05, 4.69) is 10.0 Å². The number of halogens is 1. The summed E-state index contributed by atoms with van der Waals surface area (Å²) in [4.78, 5) is 12.2. The fraction of sp³-hybridized carbons (Fsp3) is 0.208. The molecule has 3 rings (SSSR count). The largest absolute Gasteiger partial charge is 0.483 e. The van der Waals surface area contributed by atoms with E-state index in [4.69, 9.17) is 4.74 Å². The van der Waals surface area contributed by atoms with Crippen LogP contribution >= 0.6 is 0 Å². The third kappa shape index (κ3) is 6.38. The first-order chi connectivity index (χ1) is 15.2. The number of nitrogens with one attached hydrogen (secondary N) is 2. The van der Waals surface area contributed by atoms with E-state index in [1.807, 2.05) is 32.0 Å². The molecular formula is C24H25FN2O4S. The number of rotatable bonds is 9. The molecule has 0 saturated heterocycles. The smallest absolute Gasteiger partial charge is 0.258 e. The quantitative estimate of drug-likeness (QED) is 0.515. The summed E-state index contributed by atoms with van der Waals surface area (Å²) < 4.78 is 46.6. The fourth-order valence-corrected chi connectivity index (χ4v) is 4.24. The summed E-state index contributed by atoms with van der Waals surface area (Å²) in [6.07, 6.45) is 0. The van der Waals surface area contributed by atoms with Crippen molar-refractivity contribution >= 4 is 15.9 Å². The molecule has 0 bridgehead atoms. The third-order valence-electron chi connectivity index (χ3n) is 4.81. The van der Waals surface area contributed by atoms with E-state index in [1.54, 1.807) is 18.2 Å². The number of hydrogen-bond acceptors (Lipinski definition) is 4. The van der Waals surface area contributed by atoms with Crippen molar-refractivity contribution in [2.75, 3.05) is 6.61 Å². The van der Waals surface area contributed by atoms with Gasteiger partial charge in [0.25, 0.3) is 5.91 Å². The summed E-state index contributed by atoms with van der Waals surface area (Å²) in [7, 11) is -3.80. The zero-order valence-corrected chi connectivity index (χ0v) is 18.7. The molecule has 3 aromatic rings. The third-order valence-corrected chi connectivity index (χ3v) is 6.21. The number of carbonyl (C=O) groups is 1. The first kappa shape index (κ1) is 23.4. The predicted molar refractivity (Wildman–Crippen MR) is 120 cm³/mol. The van der Waals surface area contributed by atoms with Gasteiger partial charge in [-0.25, -0.2) is 17.5 Å². The topological polar surface area (TPSA) is 84.5 Å². The highest BCUT2D eigenvalue weighted by Gasteiger charge is 2.15. The van der Waals surface area contributed by atoms with Gasteiger partial charge < -0.3 is 10.1 Å². The maximum atomic E-state index is 13.3. The molecule has 0 aliphatic heterocycles. The standard InChI is InChI=1S/C24H25FN2O4S/c1-17-6-3-7-18(2)24(17)31-16-23(28)26-14-20-9-5-11-22(13-20)32(29,30)27-15-19-8-4-10-21(25)12-19/h3-13,27H,14-16H2,1-2H3,(H,26,28). The number of amides is 1. The van der Waals surface area contributed by atoms with Crippen molar-refractivity contribution in [2.24, 2.45) is 0 Å². The minimum atomic E-state index is -3.80. The number of para-hydroxylation sites is 1. The Hall–Kier alpha value is -3.23. The Kier molecular flexibility index (Phi) is 7.61. The van der Waals surface area contributed by atoms with Gasteiger partial charge in [0.15, 0.2) is 6.61 Å². The van der Waals surface area contributed by atoms with Crippen molar-refractivity contribution in [3.8, 4) is 5.75 Å². The summed E-state index contributed by atoms with van der Waals surface area (Å²) in [5.41, 5.74) is 3.03. The highest BCUT2D eigenvalue weighted by molar-refractivity contribution is 7.89. The maximum Gasteiger partial charge on any atom is 0.258 e. The number of benzene rings is 3. The summed E-state index contributed by atoms with van der Waals surface area (Å²) in [5.74, 6) is -0.0637. The highest BCUT2D eigenvalue weighted by atomic mass is 32.2. The second-order valence-corrected chi connectivity index (χ2v) is 9.16. The molecule has 0 heterocycles. The van der Waals surface area contributed by atoms with E-state index < -0.39 is 15.8 Å². The molecule has 3 aromatic carbocycles. The van der Waals surface area contributed by atoms with Gasteiger partial charge in [-0.3, -0.25) is 4.79 Å². The zero-order valence-electron chi connectivity index (χ0n) is 17.9. The van der Waals surface area contributed by atoms with Crippen LogP contribution in [0.15, 0.2) is 71.6 Å². The molecule has 0 spiro atoms. The molecule has 168 valence electrons. The van der Waals surface area contributed by atoms with Crippen molar-refractivity contribution < 1.29 is 22.3 Å². The molecule has 0 fully saturated rings. The number of sulfonamides is 1. The molecule has 8 heteroatoms. The van der Waals surface area contributed by atoms with E-state index >= 15 is 0 Å². The van der Waals surface area contributed by atoms with Crippen molar-refractivity contribution in [1.29, 1.82) is 0 Å². The molecule has 0 atom stereocenters. The van der Waals surface area contributed by atoms with E-state index in [1.165, 1.54) is 30.3 Å². The zero-order chi connectivity index (χ0) is 23.1. The van der Waals surface area contributed by atoms with Crippen LogP contribution in [0.4, 0.5) is 4.39 Å². The minimum absolute atomic E-state index is 0.0310. The van der Waals surface area contributed by atoms with Crippen LogP contribution < -0.4 is 14.8 Å². The lowest BCUT2D eigenvalue weighted by atomic mass is 10.1. The molecule has 0 saturated carbocycles. The van der Waals surface area contributed by atoms with Gasteiger partial charge in [0.2, 0.25) is 10.0 Å². The van der Waals surface area contributed by atoms with Crippen LogP contribution in [0, 0.1) is 19.7 Å². The van der Waals surface area contributed by atoms with E-state index in [0.717, 1.165) is 11.1 Å². The molecule has 32 heavy (non-hydrogen) atoms. The second-order valence-electron chi connectivity index (χ2n) is 7.39. The Morgan fingerprint density at radius 1 is 0.906 bits per heavy atom. The highest BCUT2D eigenvalue weighted by Crippen LogP contribution is 2.22. The number of ether oxygens (including phenoxy) is 1. The van der Waals surface area contributed by atoms with Gasteiger partial charge in [-0.2, -0.15) is 0 Å². The van der Waals surface area contributed by atoms with Crippen LogP contribution in [0.2, 0.25) is 0 Å². The average Bonchev–Trinajstić information content (AvgIpc) is 2.76.